The van der Waals surface area contributed by atoms with Crippen molar-refractivity contribution < 1.29 is 15.0 Å². The highest BCUT2D eigenvalue weighted by molar-refractivity contribution is 5.76. The number of nitrogens with one attached hydrogen (secondary N) is 1. The van der Waals surface area contributed by atoms with Crippen LogP contribution in [0.25, 0.3) is 0 Å². The molecule has 4 heteroatoms. The number of unbranched alkanes of at least 4 members (excludes halogenated alkanes) is 16. The molecule has 0 saturated heterocycles. The van der Waals surface area contributed by atoms with Gasteiger partial charge in [-0.05, 0) is 89.9 Å². The Labute approximate surface area is 358 Å². The normalized spacial score (nSPS) is 14.1. The van der Waals surface area contributed by atoms with E-state index in [0.29, 0.717) is 6.42 Å². The fourth-order valence-corrected chi connectivity index (χ4v) is 6.34. The zero-order chi connectivity index (χ0) is 42.1. The Morgan fingerprint density at radius 3 is 1.14 bits per heavy atom. The van der Waals surface area contributed by atoms with Crippen LogP contribution in [0.5, 0.6) is 0 Å². The van der Waals surface area contributed by atoms with Crippen molar-refractivity contribution in [3.8, 4) is 0 Å². The molecule has 0 saturated carbocycles. The number of rotatable bonds is 41. The van der Waals surface area contributed by atoms with Crippen molar-refractivity contribution in [1.29, 1.82) is 0 Å². The molecule has 0 aliphatic heterocycles. The zero-order valence-electron chi connectivity index (χ0n) is 37.5. The molecule has 0 aromatic carbocycles. The molecule has 4 nitrogen and oxygen atoms in total. The quantitative estimate of drug-likeness (QED) is 0.0426. The summed E-state index contributed by atoms with van der Waals surface area (Å²) in [7, 11) is 0. The summed E-state index contributed by atoms with van der Waals surface area (Å²) in [6.07, 6.45) is 74.5. The fourth-order valence-electron chi connectivity index (χ4n) is 6.34. The molecule has 1 amide bonds. The number of amides is 1. The van der Waals surface area contributed by atoms with Crippen LogP contribution in [-0.4, -0.2) is 34.9 Å². The first-order chi connectivity index (χ1) is 28.7. The van der Waals surface area contributed by atoms with Crippen LogP contribution in [0.15, 0.2) is 122 Å². The minimum absolute atomic E-state index is 0.102. The van der Waals surface area contributed by atoms with E-state index >= 15 is 0 Å². The molecule has 0 fully saturated rings. The first-order valence-electron chi connectivity index (χ1n) is 23.7. The first kappa shape index (κ1) is 54.8. The lowest BCUT2D eigenvalue weighted by Crippen LogP contribution is -2.45. The van der Waals surface area contributed by atoms with Crippen LogP contribution in [0.3, 0.4) is 0 Å². The summed E-state index contributed by atoms with van der Waals surface area (Å²) in [5.41, 5.74) is 0. The van der Waals surface area contributed by atoms with Crippen LogP contribution in [0.1, 0.15) is 194 Å². The topological polar surface area (TPSA) is 69.6 Å². The maximum Gasteiger partial charge on any atom is 0.220 e. The summed E-state index contributed by atoms with van der Waals surface area (Å²) < 4.78 is 0. The van der Waals surface area contributed by atoms with Crippen LogP contribution in [0.4, 0.5) is 0 Å². The zero-order valence-corrected chi connectivity index (χ0v) is 37.5. The van der Waals surface area contributed by atoms with E-state index in [2.05, 4.69) is 129 Å². The summed E-state index contributed by atoms with van der Waals surface area (Å²) in [6.45, 7) is 4.17. The standard InChI is InChI=1S/C54H89NO3/c1-3-5-7-9-11-13-15-17-19-20-21-22-23-24-25-26-27-28-29-30-31-32-33-34-36-38-40-42-44-46-48-50-54(58)55-52(51-56)53(57)49-47-45-43-41-39-37-35-18-16-14-12-10-8-6-4-2/h5,7,11,13,17,19,21-22,24-25,27-28,30-31,33-34,38,40,47,49,52-53,56-57H,3-4,6,8-10,12,14-16,18,20,23,26,29,32,35-37,39,41-46,48,50-51H2,1-2H3,(H,55,58)/b7-5-,13-11-,19-17-,22-21-,25-24-,28-27-,31-30-,34-33-,40-38-,49-47+. The molecule has 328 valence electrons. The second-order valence-corrected chi connectivity index (χ2v) is 15.4. The van der Waals surface area contributed by atoms with Crippen LogP contribution in [-0.2, 0) is 4.79 Å². The molecular weight excluding hydrogens is 711 g/mol. The molecule has 58 heavy (non-hydrogen) atoms. The Hall–Kier alpha value is -3.21. The van der Waals surface area contributed by atoms with E-state index in [-0.39, 0.29) is 12.5 Å². The van der Waals surface area contributed by atoms with Gasteiger partial charge < -0.3 is 15.5 Å². The van der Waals surface area contributed by atoms with Gasteiger partial charge in [0, 0.05) is 6.42 Å². The molecule has 0 heterocycles. The lowest BCUT2D eigenvalue weighted by Gasteiger charge is -2.19. The molecule has 0 bridgehead atoms. The van der Waals surface area contributed by atoms with Crippen molar-refractivity contribution in [1.82, 2.24) is 5.32 Å². The number of hydrogen-bond donors (Lipinski definition) is 3. The maximum atomic E-state index is 12.4. The highest BCUT2D eigenvalue weighted by Crippen LogP contribution is 2.13. The second kappa shape index (κ2) is 48.2. The molecule has 0 radical (unpaired) electrons. The predicted octanol–water partition coefficient (Wildman–Crippen LogP) is 15.3. The lowest BCUT2D eigenvalue weighted by molar-refractivity contribution is -0.123. The summed E-state index contributed by atoms with van der Waals surface area (Å²) in [6, 6.07) is -0.649. The number of allylic oxidation sites excluding steroid dienone is 19. The van der Waals surface area contributed by atoms with Crippen LogP contribution >= 0.6 is 0 Å². The van der Waals surface area contributed by atoms with Gasteiger partial charge in [-0.3, -0.25) is 4.79 Å². The third-order valence-electron chi connectivity index (χ3n) is 9.95. The SMILES string of the molecule is CC/C=C\C/C=C\C/C=C\C/C=C\C/C=C\C/C=C\C/C=C\C/C=C\C/C=C\CCCCCC(=O)NC(CO)C(O)/C=C/CCCCCCCCCCCCCCC. The minimum atomic E-state index is -0.862. The van der Waals surface area contributed by atoms with Crippen molar-refractivity contribution in [3.63, 3.8) is 0 Å². The first-order valence-corrected chi connectivity index (χ1v) is 23.7. The minimum Gasteiger partial charge on any atom is -0.394 e. The molecular formula is C54H89NO3. The van der Waals surface area contributed by atoms with Crippen LogP contribution < -0.4 is 5.32 Å². The second-order valence-electron chi connectivity index (χ2n) is 15.4. The Morgan fingerprint density at radius 1 is 0.431 bits per heavy atom. The highest BCUT2D eigenvalue weighted by atomic mass is 16.3. The Kier molecular flexibility index (Phi) is 45.5. The van der Waals surface area contributed by atoms with Gasteiger partial charge in [-0.1, -0.05) is 219 Å². The van der Waals surface area contributed by atoms with E-state index in [0.717, 1.165) is 96.3 Å². The van der Waals surface area contributed by atoms with Gasteiger partial charge in [0.1, 0.15) is 0 Å². The third-order valence-corrected chi connectivity index (χ3v) is 9.95. The van der Waals surface area contributed by atoms with E-state index in [1.54, 1.807) is 6.08 Å². The van der Waals surface area contributed by atoms with Crippen LogP contribution in [0, 0.1) is 0 Å². The van der Waals surface area contributed by atoms with Gasteiger partial charge in [0.2, 0.25) is 5.91 Å². The summed E-state index contributed by atoms with van der Waals surface area (Å²) in [4.78, 5) is 12.4. The van der Waals surface area contributed by atoms with Gasteiger partial charge in [-0.15, -0.1) is 0 Å². The van der Waals surface area contributed by atoms with E-state index in [1.165, 1.54) is 77.0 Å². The summed E-state index contributed by atoms with van der Waals surface area (Å²) in [5.74, 6) is -0.102. The smallest absolute Gasteiger partial charge is 0.220 e. The third kappa shape index (κ3) is 43.9. The number of carbonyl (C=O) groups is 1. The van der Waals surface area contributed by atoms with Gasteiger partial charge in [-0.25, -0.2) is 0 Å². The van der Waals surface area contributed by atoms with E-state index in [4.69, 9.17) is 0 Å². The summed E-state index contributed by atoms with van der Waals surface area (Å²) >= 11 is 0. The number of aliphatic hydroxyl groups excluding tert-OH is 2. The van der Waals surface area contributed by atoms with Gasteiger partial charge in [0.15, 0.2) is 0 Å². The fraction of sp³-hybridized carbons (Fsp3) is 0.611. The Morgan fingerprint density at radius 2 is 0.759 bits per heavy atom. The molecule has 0 rings (SSSR count). The maximum absolute atomic E-state index is 12.4. The molecule has 2 unspecified atom stereocenters. The molecule has 0 aromatic rings. The lowest BCUT2D eigenvalue weighted by atomic mass is 10.0. The Bertz CT molecular complexity index is 1180. The average molecular weight is 800 g/mol. The number of hydrogen-bond acceptors (Lipinski definition) is 3. The van der Waals surface area contributed by atoms with Gasteiger partial charge in [0.05, 0.1) is 18.8 Å². The van der Waals surface area contributed by atoms with E-state index in [9.17, 15) is 15.0 Å². The summed E-state index contributed by atoms with van der Waals surface area (Å²) in [5, 5.41) is 23.0. The van der Waals surface area contributed by atoms with Crippen molar-refractivity contribution in [2.75, 3.05) is 6.61 Å². The molecule has 0 aliphatic carbocycles. The van der Waals surface area contributed by atoms with Crippen molar-refractivity contribution >= 4 is 5.91 Å². The molecule has 0 aromatic heterocycles. The van der Waals surface area contributed by atoms with Gasteiger partial charge >= 0.3 is 0 Å². The van der Waals surface area contributed by atoms with Gasteiger partial charge in [0.25, 0.3) is 0 Å². The van der Waals surface area contributed by atoms with Gasteiger partial charge in [-0.2, -0.15) is 0 Å². The van der Waals surface area contributed by atoms with Crippen LogP contribution in [0.2, 0.25) is 0 Å². The van der Waals surface area contributed by atoms with E-state index < -0.39 is 12.1 Å². The highest BCUT2D eigenvalue weighted by Gasteiger charge is 2.17. The van der Waals surface area contributed by atoms with Crippen molar-refractivity contribution in [2.45, 2.75) is 206 Å². The number of aliphatic hydroxyl groups is 2. The predicted molar refractivity (Wildman–Crippen MR) is 257 cm³/mol. The Balaban J connectivity index is 3.74. The monoisotopic (exact) mass is 800 g/mol. The molecule has 3 N–H and O–H groups in total. The van der Waals surface area contributed by atoms with E-state index in [1.807, 2.05) is 6.08 Å². The molecule has 0 spiro atoms. The van der Waals surface area contributed by atoms with Crippen molar-refractivity contribution in [2.24, 2.45) is 0 Å². The molecule has 2 atom stereocenters. The van der Waals surface area contributed by atoms with Crippen molar-refractivity contribution in [3.05, 3.63) is 122 Å². The average Bonchev–Trinajstić information content (AvgIpc) is 3.23. The molecule has 0 aliphatic rings. The number of carbonyl (C=O) groups excluding carboxylic acids is 1. The largest absolute Gasteiger partial charge is 0.394 e.